The summed E-state index contributed by atoms with van der Waals surface area (Å²) in [7, 11) is 0. The summed E-state index contributed by atoms with van der Waals surface area (Å²) < 4.78 is 7.43. The molecule has 3 aromatic heterocycles. The first-order chi connectivity index (χ1) is 12.7. The molecule has 0 fully saturated rings. The smallest absolute Gasteiger partial charge is 0.258 e. The highest BCUT2D eigenvalue weighted by Gasteiger charge is 2.10. The van der Waals surface area contributed by atoms with Crippen molar-refractivity contribution in [1.29, 1.82) is 0 Å². The molecule has 0 spiro atoms. The van der Waals surface area contributed by atoms with Gasteiger partial charge in [0, 0.05) is 17.8 Å². The van der Waals surface area contributed by atoms with Crippen LogP contribution < -0.4 is 10.1 Å². The Morgan fingerprint density at radius 2 is 2.08 bits per heavy atom. The van der Waals surface area contributed by atoms with Gasteiger partial charge in [0.1, 0.15) is 11.3 Å². The summed E-state index contributed by atoms with van der Waals surface area (Å²) in [6.45, 7) is 0.122. The third-order valence-corrected chi connectivity index (χ3v) is 4.20. The van der Waals surface area contributed by atoms with Crippen LogP contribution in [0.3, 0.4) is 0 Å². The summed E-state index contributed by atoms with van der Waals surface area (Å²) in [5.41, 5.74) is 1.35. The second-order valence-electron chi connectivity index (χ2n) is 5.56. The van der Waals surface area contributed by atoms with Crippen molar-refractivity contribution in [2.45, 2.75) is 6.54 Å². The van der Waals surface area contributed by atoms with Gasteiger partial charge in [0.05, 0.1) is 11.6 Å². The summed E-state index contributed by atoms with van der Waals surface area (Å²) in [4.78, 5) is 16.4. The molecule has 0 bridgehead atoms. The van der Waals surface area contributed by atoms with Gasteiger partial charge in [-0.15, -0.1) is 10.2 Å². The van der Waals surface area contributed by atoms with Crippen LogP contribution in [0.1, 0.15) is 5.82 Å². The Hall–Kier alpha value is -3.19. The van der Waals surface area contributed by atoms with Crippen molar-refractivity contribution in [3.05, 3.63) is 65.7 Å². The molecule has 4 aromatic rings. The summed E-state index contributed by atoms with van der Waals surface area (Å²) in [5.74, 6) is 0.886. The fraction of sp³-hybridized carbons (Fsp3) is 0.111. The fourth-order valence-electron chi connectivity index (χ4n) is 2.61. The lowest BCUT2D eigenvalue weighted by Crippen LogP contribution is -2.29. The minimum absolute atomic E-state index is 0.135. The zero-order valence-corrected chi connectivity index (χ0v) is 14.3. The van der Waals surface area contributed by atoms with E-state index in [-0.39, 0.29) is 19.1 Å². The lowest BCUT2D eigenvalue weighted by molar-refractivity contribution is -0.123. The van der Waals surface area contributed by atoms with Gasteiger partial charge in [0.2, 0.25) is 0 Å². The number of nitrogens with zero attached hydrogens (tertiary/aromatic N) is 4. The zero-order valence-electron chi connectivity index (χ0n) is 13.6. The van der Waals surface area contributed by atoms with Crippen LogP contribution >= 0.6 is 11.6 Å². The minimum Gasteiger partial charge on any atom is -0.481 e. The zero-order chi connectivity index (χ0) is 17.9. The highest BCUT2D eigenvalue weighted by molar-refractivity contribution is 6.35. The van der Waals surface area contributed by atoms with Crippen molar-refractivity contribution in [3.8, 4) is 5.75 Å². The van der Waals surface area contributed by atoms with Gasteiger partial charge in [0.25, 0.3) is 5.91 Å². The largest absolute Gasteiger partial charge is 0.481 e. The standard InChI is InChI=1S/C18H14ClN5O2/c19-13-6-7-14(18-12(13)4-3-8-20-18)26-11-17(25)21-10-16-23-22-15-5-1-2-9-24(15)16/h1-9H,10-11H2,(H,21,25). The van der Waals surface area contributed by atoms with E-state index in [1.807, 2.05) is 34.9 Å². The van der Waals surface area contributed by atoms with Crippen molar-refractivity contribution in [2.24, 2.45) is 0 Å². The number of fused-ring (bicyclic) bond motifs is 2. The molecule has 1 N–H and O–H groups in total. The number of hydrogen-bond acceptors (Lipinski definition) is 5. The lowest BCUT2D eigenvalue weighted by atomic mass is 10.2. The molecular weight excluding hydrogens is 354 g/mol. The molecule has 0 saturated carbocycles. The van der Waals surface area contributed by atoms with Crippen LogP contribution in [0.2, 0.25) is 5.02 Å². The van der Waals surface area contributed by atoms with Crippen LogP contribution in [-0.4, -0.2) is 32.1 Å². The molecule has 130 valence electrons. The van der Waals surface area contributed by atoms with E-state index in [0.29, 0.717) is 22.1 Å². The number of carbonyl (C=O) groups is 1. The molecule has 0 aliphatic rings. The van der Waals surface area contributed by atoms with E-state index in [1.54, 1.807) is 24.4 Å². The van der Waals surface area contributed by atoms with Gasteiger partial charge in [-0.2, -0.15) is 0 Å². The highest BCUT2D eigenvalue weighted by Crippen LogP contribution is 2.29. The van der Waals surface area contributed by atoms with Crippen LogP contribution in [0, 0.1) is 0 Å². The Balaban J connectivity index is 1.41. The van der Waals surface area contributed by atoms with Gasteiger partial charge in [0.15, 0.2) is 18.1 Å². The van der Waals surface area contributed by atoms with Crippen molar-refractivity contribution >= 4 is 34.1 Å². The average Bonchev–Trinajstić information content (AvgIpc) is 3.09. The number of ether oxygens (including phenoxy) is 1. The first kappa shape index (κ1) is 16.3. The monoisotopic (exact) mass is 367 g/mol. The van der Waals surface area contributed by atoms with Gasteiger partial charge in [-0.05, 0) is 36.4 Å². The number of nitrogens with one attached hydrogen (secondary N) is 1. The summed E-state index contributed by atoms with van der Waals surface area (Å²) in [5, 5.41) is 12.3. The SMILES string of the molecule is O=C(COc1ccc(Cl)c2cccnc12)NCc1nnc2ccccn12. The highest BCUT2D eigenvalue weighted by atomic mass is 35.5. The Labute approximate surface area is 153 Å². The van der Waals surface area contributed by atoms with Crippen LogP contribution in [0.5, 0.6) is 5.75 Å². The summed E-state index contributed by atoms with van der Waals surface area (Å²) in [6, 6.07) is 12.7. The quantitative estimate of drug-likeness (QED) is 0.586. The maximum Gasteiger partial charge on any atom is 0.258 e. The third kappa shape index (κ3) is 3.16. The lowest BCUT2D eigenvalue weighted by Gasteiger charge is -2.09. The van der Waals surface area contributed by atoms with Gasteiger partial charge < -0.3 is 10.1 Å². The van der Waals surface area contributed by atoms with E-state index in [2.05, 4.69) is 20.5 Å². The Morgan fingerprint density at radius 1 is 1.15 bits per heavy atom. The van der Waals surface area contributed by atoms with Gasteiger partial charge in [-0.25, -0.2) is 0 Å². The molecule has 3 heterocycles. The number of hydrogen-bond donors (Lipinski definition) is 1. The first-order valence-electron chi connectivity index (χ1n) is 7.94. The maximum atomic E-state index is 12.1. The molecule has 0 unspecified atom stereocenters. The number of amides is 1. The summed E-state index contributed by atoms with van der Waals surface area (Å²) >= 11 is 6.16. The minimum atomic E-state index is -0.267. The predicted molar refractivity (Wildman–Crippen MR) is 97.1 cm³/mol. The van der Waals surface area contributed by atoms with E-state index in [9.17, 15) is 4.79 Å². The van der Waals surface area contributed by atoms with E-state index < -0.39 is 0 Å². The first-order valence-corrected chi connectivity index (χ1v) is 8.31. The predicted octanol–water partition coefficient (Wildman–Crippen LogP) is 2.63. The Morgan fingerprint density at radius 3 is 3.00 bits per heavy atom. The fourth-order valence-corrected chi connectivity index (χ4v) is 2.83. The van der Waals surface area contributed by atoms with Crippen LogP contribution in [0.4, 0.5) is 0 Å². The second kappa shape index (κ2) is 6.97. The number of carbonyl (C=O) groups excluding carboxylic acids is 1. The molecule has 0 saturated heterocycles. The van der Waals surface area contributed by atoms with Crippen LogP contribution in [0.25, 0.3) is 16.6 Å². The Bertz CT molecular complexity index is 1100. The molecule has 1 aromatic carbocycles. The van der Waals surface area contributed by atoms with Crippen molar-refractivity contribution < 1.29 is 9.53 Å². The van der Waals surface area contributed by atoms with Gasteiger partial charge >= 0.3 is 0 Å². The molecule has 7 nitrogen and oxygen atoms in total. The summed E-state index contributed by atoms with van der Waals surface area (Å²) in [6.07, 6.45) is 3.50. The molecular formula is C18H14ClN5O2. The molecule has 1 amide bonds. The third-order valence-electron chi connectivity index (χ3n) is 3.87. The van der Waals surface area contributed by atoms with Crippen molar-refractivity contribution in [1.82, 2.24) is 24.9 Å². The van der Waals surface area contributed by atoms with Crippen LogP contribution in [-0.2, 0) is 11.3 Å². The Kier molecular flexibility index (Phi) is 4.37. The number of rotatable bonds is 5. The number of pyridine rings is 2. The number of aromatic nitrogens is 4. The molecule has 0 atom stereocenters. The number of benzene rings is 1. The second-order valence-corrected chi connectivity index (χ2v) is 5.96. The molecule has 8 heteroatoms. The normalized spacial score (nSPS) is 11.0. The number of halogens is 1. The van der Waals surface area contributed by atoms with E-state index >= 15 is 0 Å². The van der Waals surface area contributed by atoms with E-state index in [1.165, 1.54) is 0 Å². The topological polar surface area (TPSA) is 81.4 Å². The molecule has 26 heavy (non-hydrogen) atoms. The van der Waals surface area contributed by atoms with E-state index in [0.717, 1.165) is 11.0 Å². The van der Waals surface area contributed by atoms with Gasteiger partial charge in [-0.3, -0.25) is 14.2 Å². The molecule has 4 rings (SSSR count). The van der Waals surface area contributed by atoms with E-state index in [4.69, 9.17) is 16.3 Å². The van der Waals surface area contributed by atoms with Crippen molar-refractivity contribution in [3.63, 3.8) is 0 Å². The molecule has 0 aliphatic carbocycles. The van der Waals surface area contributed by atoms with Crippen LogP contribution in [0.15, 0.2) is 54.9 Å². The molecule has 0 aliphatic heterocycles. The van der Waals surface area contributed by atoms with Gasteiger partial charge in [-0.1, -0.05) is 17.7 Å². The molecule has 0 radical (unpaired) electrons. The average molecular weight is 368 g/mol. The van der Waals surface area contributed by atoms with Crippen molar-refractivity contribution in [2.75, 3.05) is 6.61 Å². The maximum absolute atomic E-state index is 12.1.